The van der Waals surface area contributed by atoms with Crippen LogP contribution in [-0.4, -0.2) is 22.9 Å². The number of rotatable bonds is 10. The fraction of sp³-hybridized carbons (Fsp3) is 0.138. The largest absolute Gasteiger partial charge is 0.379 e. The molecule has 0 atom stereocenters. The minimum atomic E-state index is -4.16. The van der Waals surface area contributed by atoms with E-state index >= 15 is 0 Å². The molecule has 4 rings (SSSR count). The summed E-state index contributed by atoms with van der Waals surface area (Å²) in [6.45, 7) is 3.67. The fourth-order valence-corrected chi connectivity index (χ4v) is 5.97. The van der Waals surface area contributed by atoms with Gasteiger partial charge in [0.15, 0.2) is 0 Å². The van der Waals surface area contributed by atoms with Crippen LogP contribution >= 0.6 is 0 Å². The summed E-state index contributed by atoms with van der Waals surface area (Å²) in [5.74, 6) is 0.0619. The number of nitrogens with zero attached hydrogens (tertiary/aromatic N) is 1. The number of primary amides is 1. The topological polar surface area (TPSA) is 133 Å². The maximum absolute atomic E-state index is 12.9. The fourth-order valence-electron chi connectivity index (χ4n) is 4.01. The molecule has 0 saturated carbocycles. The molecule has 208 valence electrons. The van der Waals surface area contributed by atoms with E-state index in [2.05, 4.69) is 0 Å². The highest BCUT2D eigenvalue weighted by Gasteiger charge is 2.24. The van der Waals surface area contributed by atoms with Gasteiger partial charge in [-0.05, 0) is 60.4 Å². The molecule has 9 nitrogen and oxygen atoms in total. The van der Waals surface area contributed by atoms with Gasteiger partial charge < -0.3 is 14.1 Å². The highest BCUT2D eigenvalue weighted by molar-refractivity contribution is 7.87. The quantitative estimate of drug-likeness (QED) is 0.243. The Morgan fingerprint density at radius 2 is 1.02 bits per heavy atom. The highest BCUT2D eigenvalue weighted by atomic mass is 32.2. The minimum absolute atomic E-state index is 0.0224. The summed E-state index contributed by atoms with van der Waals surface area (Å²) in [7, 11) is -8.31. The van der Waals surface area contributed by atoms with Crippen molar-refractivity contribution in [3.63, 3.8) is 0 Å². The molecule has 0 heterocycles. The average Bonchev–Trinajstić information content (AvgIpc) is 2.94. The summed E-state index contributed by atoms with van der Waals surface area (Å²) < 4.78 is 62.6. The number of urea groups is 1. The average molecular weight is 581 g/mol. The number of benzene rings is 4. The van der Waals surface area contributed by atoms with E-state index in [9.17, 15) is 21.6 Å². The lowest BCUT2D eigenvalue weighted by Gasteiger charge is -2.23. The number of carbonyl (C=O) groups is 1. The zero-order valence-corrected chi connectivity index (χ0v) is 23.5. The van der Waals surface area contributed by atoms with E-state index in [-0.39, 0.29) is 32.7 Å². The Bertz CT molecular complexity index is 1600. The summed E-state index contributed by atoms with van der Waals surface area (Å²) in [6.07, 6.45) is 0.911. The first-order chi connectivity index (χ1) is 19.1. The molecule has 0 aliphatic carbocycles. The number of hydrogen-bond acceptors (Lipinski definition) is 7. The zero-order valence-electron chi connectivity index (χ0n) is 21.9. The Morgan fingerprint density at radius 1 is 0.650 bits per heavy atom. The second-order valence-electron chi connectivity index (χ2n) is 8.67. The predicted molar refractivity (Wildman–Crippen MR) is 152 cm³/mol. The molecular formula is C29H28N2O7S2. The molecule has 0 aromatic heterocycles. The van der Waals surface area contributed by atoms with Gasteiger partial charge in [-0.1, -0.05) is 62.4 Å². The number of carbonyl (C=O) groups excluding carboxylic acids is 1. The second-order valence-corrected chi connectivity index (χ2v) is 11.8. The lowest BCUT2D eigenvalue weighted by atomic mass is 10.1. The molecule has 4 aromatic rings. The van der Waals surface area contributed by atoms with E-state index in [0.717, 1.165) is 4.90 Å². The van der Waals surface area contributed by atoms with Crippen molar-refractivity contribution in [2.75, 3.05) is 4.90 Å². The summed E-state index contributed by atoms with van der Waals surface area (Å²) in [6, 6.07) is 23.8. The van der Waals surface area contributed by atoms with Crippen LogP contribution in [0.5, 0.6) is 11.5 Å². The molecule has 0 aliphatic heterocycles. The summed E-state index contributed by atoms with van der Waals surface area (Å²) in [5, 5.41) is 0. The third-order valence-electron chi connectivity index (χ3n) is 6.06. The highest BCUT2D eigenvalue weighted by Crippen LogP contribution is 2.36. The Balaban J connectivity index is 1.75. The Labute approximate surface area is 234 Å². The van der Waals surface area contributed by atoms with Crippen molar-refractivity contribution in [3.8, 4) is 11.5 Å². The number of hydrogen-bond donors (Lipinski definition) is 1. The van der Waals surface area contributed by atoms with Crippen LogP contribution in [0.3, 0.4) is 0 Å². The standard InChI is InChI=1S/C29H28N2O7S2/c1-3-21-15-17-23(19-27(21)37-39(33,34)25-11-7-5-8-12-25)31(29(30)32)24-18-16-22(4-2)28(20-24)38-40(35,36)26-13-9-6-10-14-26/h5-20H,3-4H2,1-2H3,(H2,30,32). The predicted octanol–water partition coefficient (Wildman–Crippen LogP) is 5.56. The maximum Gasteiger partial charge on any atom is 0.339 e. The third kappa shape index (κ3) is 6.27. The van der Waals surface area contributed by atoms with Gasteiger partial charge >= 0.3 is 26.3 Å². The van der Waals surface area contributed by atoms with Crippen LogP contribution in [0.25, 0.3) is 0 Å². The van der Waals surface area contributed by atoms with Gasteiger partial charge in [0.2, 0.25) is 0 Å². The van der Waals surface area contributed by atoms with Crippen molar-refractivity contribution in [2.45, 2.75) is 36.5 Å². The van der Waals surface area contributed by atoms with Crippen molar-refractivity contribution in [1.29, 1.82) is 0 Å². The van der Waals surface area contributed by atoms with E-state index in [1.807, 2.05) is 13.8 Å². The van der Waals surface area contributed by atoms with E-state index < -0.39 is 26.3 Å². The first kappa shape index (κ1) is 28.7. The second kappa shape index (κ2) is 11.8. The number of nitrogens with two attached hydrogens (primary N) is 1. The Kier molecular flexibility index (Phi) is 8.46. The summed E-state index contributed by atoms with van der Waals surface area (Å²) in [4.78, 5) is 13.7. The van der Waals surface area contributed by atoms with Crippen LogP contribution in [0.4, 0.5) is 16.2 Å². The first-order valence-corrected chi connectivity index (χ1v) is 15.2. The maximum atomic E-state index is 12.9. The molecule has 0 bridgehead atoms. The number of amides is 2. The van der Waals surface area contributed by atoms with Gasteiger partial charge in [-0.3, -0.25) is 4.90 Å². The number of aryl methyl sites for hydroxylation is 2. The van der Waals surface area contributed by atoms with Crippen LogP contribution < -0.4 is 19.0 Å². The van der Waals surface area contributed by atoms with Crippen LogP contribution in [0.2, 0.25) is 0 Å². The van der Waals surface area contributed by atoms with E-state index in [4.69, 9.17) is 14.1 Å². The molecule has 11 heteroatoms. The minimum Gasteiger partial charge on any atom is -0.379 e. The van der Waals surface area contributed by atoms with Crippen molar-refractivity contribution in [3.05, 3.63) is 108 Å². The Hall–Kier alpha value is -4.35. The Morgan fingerprint density at radius 3 is 1.35 bits per heavy atom. The SMILES string of the molecule is CCc1ccc(N(C(N)=O)c2ccc(CC)c(OS(=O)(=O)c3ccccc3)c2)cc1OS(=O)(=O)c1ccccc1. The molecule has 2 N–H and O–H groups in total. The first-order valence-electron chi connectivity index (χ1n) is 12.4. The lowest BCUT2D eigenvalue weighted by Crippen LogP contribution is -2.31. The molecule has 0 saturated heterocycles. The van der Waals surface area contributed by atoms with E-state index in [0.29, 0.717) is 24.0 Å². The molecule has 4 aromatic carbocycles. The van der Waals surface area contributed by atoms with Gasteiger partial charge in [-0.25, -0.2) is 4.79 Å². The molecule has 0 fully saturated rings. The number of anilines is 2. The van der Waals surface area contributed by atoms with Gasteiger partial charge in [0.25, 0.3) is 0 Å². The zero-order chi connectivity index (χ0) is 28.9. The summed E-state index contributed by atoms with van der Waals surface area (Å²) >= 11 is 0. The molecule has 2 amide bonds. The molecule has 0 unspecified atom stereocenters. The normalized spacial score (nSPS) is 11.6. The van der Waals surface area contributed by atoms with Crippen molar-refractivity contribution in [1.82, 2.24) is 0 Å². The van der Waals surface area contributed by atoms with Gasteiger partial charge in [0.1, 0.15) is 21.3 Å². The van der Waals surface area contributed by atoms with Crippen molar-refractivity contribution < 1.29 is 30.0 Å². The van der Waals surface area contributed by atoms with Crippen LogP contribution in [-0.2, 0) is 33.1 Å². The monoisotopic (exact) mass is 580 g/mol. The van der Waals surface area contributed by atoms with Crippen LogP contribution in [0.1, 0.15) is 25.0 Å². The molecular weight excluding hydrogens is 552 g/mol. The van der Waals surface area contributed by atoms with Crippen molar-refractivity contribution >= 4 is 37.6 Å². The van der Waals surface area contributed by atoms with Gasteiger partial charge in [-0.15, -0.1) is 0 Å². The van der Waals surface area contributed by atoms with Gasteiger partial charge in [0.05, 0.1) is 11.4 Å². The molecule has 0 spiro atoms. The van der Waals surface area contributed by atoms with E-state index in [1.54, 1.807) is 60.7 Å². The van der Waals surface area contributed by atoms with Crippen molar-refractivity contribution in [2.24, 2.45) is 5.73 Å². The molecule has 0 radical (unpaired) electrons. The van der Waals surface area contributed by atoms with E-state index in [1.165, 1.54) is 36.4 Å². The van der Waals surface area contributed by atoms with Gasteiger partial charge in [0, 0.05) is 12.1 Å². The van der Waals surface area contributed by atoms with Gasteiger partial charge in [-0.2, -0.15) is 16.8 Å². The smallest absolute Gasteiger partial charge is 0.339 e. The third-order valence-corrected chi connectivity index (χ3v) is 8.56. The lowest BCUT2D eigenvalue weighted by molar-refractivity contribution is 0.256. The van der Waals surface area contributed by atoms with Crippen LogP contribution in [0.15, 0.2) is 107 Å². The molecule has 40 heavy (non-hydrogen) atoms. The summed E-state index contributed by atoms with van der Waals surface area (Å²) in [5.41, 5.74) is 7.35. The van der Waals surface area contributed by atoms with Crippen LogP contribution in [0, 0.1) is 0 Å². The molecule has 0 aliphatic rings.